The molecule has 0 amide bonds. The van der Waals surface area contributed by atoms with Crippen LogP contribution in [-0.2, 0) is 0 Å². The summed E-state index contributed by atoms with van der Waals surface area (Å²) in [5.74, 6) is 0. The summed E-state index contributed by atoms with van der Waals surface area (Å²) < 4.78 is 0. The van der Waals surface area contributed by atoms with Gasteiger partial charge in [-0.05, 0) is 53.4 Å². The largest absolute Gasteiger partial charge is 0.310 e. The van der Waals surface area contributed by atoms with Crippen molar-refractivity contribution in [1.29, 1.82) is 0 Å². The van der Waals surface area contributed by atoms with E-state index in [2.05, 4.69) is 57.8 Å². The molecule has 19 heavy (non-hydrogen) atoms. The maximum absolute atomic E-state index is 3.69. The lowest BCUT2D eigenvalue weighted by atomic mass is 10.1. The van der Waals surface area contributed by atoms with Gasteiger partial charge in [-0.25, -0.2) is 0 Å². The predicted octanol–water partition coefficient (Wildman–Crippen LogP) is 5.18. The molecule has 0 heterocycles. The average molecular weight is 261 g/mol. The lowest BCUT2D eigenvalue weighted by Crippen LogP contribution is -2.12. The summed E-state index contributed by atoms with van der Waals surface area (Å²) in [6.45, 7) is 14.3. The standard InChI is InChI=1S/C18H31N/c1-6-14-19-15-13-18(5)12-8-11-17(4)10-7-9-16(2)3/h6,9,11,13,19H,1,7-8,10,12,14-15H2,2-5H3. The van der Waals surface area contributed by atoms with Crippen LogP contribution in [0.5, 0.6) is 0 Å². The highest BCUT2D eigenvalue weighted by Gasteiger charge is 1.91. The molecule has 0 saturated heterocycles. The highest BCUT2D eigenvalue weighted by Crippen LogP contribution is 2.11. The minimum atomic E-state index is 0.882. The molecule has 0 aromatic rings. The van der Waals surface area contributed by atoms with E-state index >= 15 is 0 Å². The molecule has 108 valence electrons. The third-order valence-electron chi connectivity index (χ3n) is 3.01. The number of allylic oxidation sites excluding steroid dienone is 5. The molecule has 0 rings (SSSR count). The first-order chi connectivity index (χ1) is 9.06. The van der Waals surface area contributed by atoms with Crippen molar-refractivity contribution in [2.75, 3.05) is 13.1 Å². The summed E-state index contributed by atoms with van der Waals surface area (Å²) in [5.41, 5.74) is 4.39. The predicted molar refractivity (Wildman–Crippen MR) is 88.5 cm³/mol. The van der Waals surface area contributed by atoms with Crippen LogP contribution >= 0.6 is 0 Å². The Morgan fingerprint density at radius 1 is 0.842 bits per heavy atom. The zero-order chi connectivity index (χ0) is 14.5. The number of hydrogen-bond acceptors (Lipinski definition) is 1. The second-order valence-corrected chi connectivity index (χ2v) is 5.41. The Balaban J connectivity index is 3.80. The fourth-order valence-electron chi connectivity index (χ4n) is 1.77. The average Bonchev–Trinajstić information content (AvgIpc) is 2.34. The molecule has 0 aliphatic rings. The van der Waals surface area contributed by atoms with E-state index in [1.165, 1.54) is 29.6 Å². The molecule has 0 fully saturated rings. The molecule has 0 unspecified atom stereocenters. The molecule has 0 aliphatic heterocycles. The highest BCUT2D eigenvalue weighted by atomic mass is 14.8. The van der Waals surface area contributed by atoms with Gasteiger partial charge in [-0.1, -0.05) is 41.0 Å². The van der Waals surface area contributed by atoms with Crippen molar-refractivity contribution < 1.29 is 0 Å². The van der Waals surface area contributed by atoms with Gasteiger partial charge in [-0.15, -0.1) is 6.58 Å². The Morgan fingerprint density at radius 3 is 2.00 bits per heavy atom. The summed E-state index contributed by atoms with van der Waals surface area (Å²) in [6, 6.07) is 0. The van der Waals surface area contributed by atoms with Crippen molar-refractivity contribution in [2.45, 2.75) is 53.4 Å². The Bertz CT molecular complexity index is 328. The van der Waals surface area contributed by atoms with Crippen molar-refractivity contribution in [1.82, 2.24) is 5.32 Å². The Kier molecular flexibility index (Phi) is 11.3. The van der Waals surface area contributed by atoms with Crippen LogP contribution in [0, 0.1) is 0 Å². The fourth-order valence-corrected chi connectivity index (χ4v) is 1.77. The first kappa shape index (κ1) is 17.9. The van der Waals surface area contributed by atoms with E-state index in [0.29, 0.717) is 0 Å². The quantitative estimate of drug-likeness (QED) is 0.422. The van der Waals surface area contributed by atoms with Gasteiger partial charge in [0.2, 0.25) is 0 Å². The van der Waals surface area contributed by atoms with Crippen LogP contribution in [0.2, 0.25) is 0 Å². The van der Waals surface area contributed by atoms with Gasteiger partial charge in [0.25, 0.3) is 0 Å². The van der Waals surface area contributed by atoms with Crippen LogP contribution in [0.15, 0.2) is 47.6 Å². The Hall–Kier alpha value is -1.08. The summed E-state index contributed by atoms with van der Waals surface area (Å²) in [5, 5.41) is 3.29. The number of rotatable bonds is 10. The number of hydrogen-bond donors (Lipinski definition) is 1. The van der Waals surface area contributed by atoms with Gasteiger partial charge < -0.3 is 5.32 Å². The van der Waals surface area contributed by atoms with Crippen LogP contribution in [-0.4, -0.2) is 13.1 Å². The van der Waals surface area contributed by atoms with Crippen molar-refractivity contribution in [3.8, 4) is 0 Å². The van der Waals surface area contributed by atoms with E-state index in [1.807, 2.05) is 6.08 Å². The second kappa shape index (κ2) is 12.0. The molecule has 0 radical (unpaired) electrons. The summed E-state index contributed by atoms with van der Waals surface area (Å²) in [7, 11) is 0. The molecule has 1 N–H and O–H groups in total. The van der Waals surface area contributed by atoms with E-state index in [1.54, 1.807) is 0 Å². The van der Waals surface area contributed by atoms with Crippen molar-refractivity contribution in [3.05, 3.63) is 47.6 Å². The molecule has 1 nitrogen and oxygen atoms in total. The van der Waals surface area contributed by atoms with Crippen LogP contribution < -0.4 is 5.32 Å². The van der Waals surface area contributed by atoms with Gasteiger partial charge in [0, 0.05) is 13.1 Å². The van der Waals surface area contributed by atoms with E-state index in [4.69, 9.17) is 0 Å². The first-order valence-corrected chi connectivity index (χ1v) is 7.32. The zero-order valence-corrected chi connectivity index (χ0v) is 13.3. The van der Waals surface area contributed by atoms with Crippen molar-refractivity contribution in [3.63, 3.8) is 0 Å². The lowest BCUT2D eigenvalue weighted by Gasteiger charge is -2.02. The van der Waals surface area contributed by atoms with Gasteiger partial charge in [0.15, 0.2) is 0 Å². The Morgan fingerprint density at radius 2 is 1.42 bits per heavy atom. The highest BCUT2D eigenvalue weighted by molar-refractivity contribution is 5.05. The monoisotopic (exact) mass is 261 g/mol. The summed E-state index contributed by atoms with van der Waals surface area (Å²) in [4.78, 5) is 0. The molecule has 0 aromatic carbocycles. The van der Waals surface area contributed by atoms with Gasteiger partial charge in [-0.2, -0.15) is 0 Å². The molecule has 0 aliphatic carbocycles. The van der Waals surface area contributed by atoms with Crippen molar-refractivity contribution >= 4 is 0 Å². The second-order valence-electron chi connectivity index (χ2n) is 5.41. The SMILES string of the molecule is C=CCNCC=C(C)CCC=C(C)CCC=C(C)C. The minimum Gasteiger partial charge on any atom is -0.310 e. The molecule has 1 heteroatoms. The third kappa shape index (κ3) is 13.2. The zero-order valence-electron chi connectivity index (χ0n) is 13.3. The number of nitrogens with one attached hydrogen (secondary N) is 1. The molecular formula is C18H31N. The molecule has 0 bridgehead atoms. The van der Waals surface area contributed by atoms with Crippen molar-refractivity contribution in [2.24, 2.45) is 0 Å². The van der Waals surface area contributed by atoms with E-state index in [9.17, 15) is 0 Å². The van der Waals surface area contributed by atoms with Gasteiger partial charge >= 0.3 is 0 Å². The van der Waals surface area contributed by atoms with Gasteiger partial charge in [-0.3, -0.25) is 0 Å². The molecule has 0 aromatic heterocycles. The summed E-state index contributed by atoms with van der Waals surface area (Å²) in [6.07, 6.45) is 13.5. The van der Waals surface area contributed by atoms with Crippen LogP contribution in [0.4, 0.5) is 0 Å². The summed E-state index contributed by atoms with van der Waals surface area (Å²) >= 11 is 0. The first-order valence-electron chi connectivity index (χ1n) is 7.32. The van der Waals surface area contributed by atoms with E-state index < -0.39 is 0 Å². The maximum atomic E-state index is 3.69. The van der Waals surface area contributed by atoms with E-state index in [0.717, 1.165) is 25.9 Å². The minimum absolute atomic E-state index is 0.882. The molecule has 0 saturated carbocycles. The normalized spacial score (nSPS) is 12.4. The van der Waals surface area contributed by atoms with Gasteiger partial charge in [0.1, 0.15) is 0 Å². The smallest absolute Gasteiger partial charge is 0.0140 e. The Labute approximate surface area is 120 Å². The van der Waals surface area contributed by atoms with Crippen LogP contribution in [0.1, 0.15) is 53.4 Å². The lowest BCUT2D eigenvalue weighted by molar-refractivity contribution is 0.830. The molecule has 0 atom stereocenters. The third-order valence-corrected chi connectivity index (χ3v) is 3.01. The fraction of sp³-hybridized carbons (Fsp3) is 0.556. The van der Waals surface area contributed by atoms with Crippen LogP contribution in [0.3, 0.4) is 0 Å². The van der Waals surface area contributed by atoms with E-state index in [-0.39, 0.29) is 0 Å². The van der Waals surface area contributed by atoms with Gasteiger partial charge in [0.05, 0.1) is 0 Å². The van der Waals surface area contributed by atoms with Crippen LogP contribution in [0.25, 0.3) is 0 Å². The molecule has 0 spiro atoms. The molecular weight excluding hydrogens is 230 g/mol. The topological polar surface area (TPSA) is 12.0 Å². The maximum Gasteiger partial charge on any atom is 0.0140 e.